The number of nitrogens with zero attached hydrogens (tertiary/aromatic N) is 1. The minimum Gasteiger partial charge on any atom is -0.360 e. The summed E-state index contributed by atoms with van der Waals surface area (Å²) in [4.78, 5) is 21.3. The van der Waals surface area contributed by atoms with Crippen LogP contribution in [0.5, 0.6) is 0 Å². The number of rotatable bonds is 2. The summed E-state index contributed by atoms with van der Waals surface area (Å²) >= 11 is 3.52. The molecular weight excluding hydrogens is 348 g/mol. The smallest absolute Gasteiger partial charge is 0.256 e. The summed E-state index contributed by atoms with van der Waals surface area (Å²) in [5, 5.41) is 5.23. The van der Waals surface area contributed by atoms with Gasteiger partial charge in [0.2, 0.25) is 0 Å². The first-order chi connectivity index (χ1) is 12.3. The van der Waals surface area contributed by atoms with Crippen molar-refractivity contribution < 1.29 is 4.79 Å². The second kappa shape index (κ2) is 5.86. The Morgan fingerprint density at radius 1 is 1.08 bits per heavy atom. The van der Waals surface area contributed by atoms with Gasteiger partial charge in [0.05, 0.1) is 11.6 Å². The molecule has 5 heteroatoms. The number of hydrogen-bond donors (Lipinski definition) is 1. The van der Waals surface area contributed by atoms with Gasteiger partial charge in [0.1, 0.15) is 0 Å². The molecule has 0 aliphatic carbocycles. The Balaban J connectivity index is 1.61. The number of benzene rings is 1. The topological polar surface area (TPSA) is 36.1 Å². The van der Waals surface area contributed by atoms with Crippen LogP contribution in [0.3, 0.4) is 0 Å². The summed E-state index contributed by atoms with van der Waals surface area (Å²) in [5.41, 5.74) is 3.05. The van der Waals surface area contributed by atoms with Gasteiger partial charge in [-0.15, -0.1) is 22.7 Å². The Kier molecular flexibility index (Phi) is 3.50. The lowest BCUT2D eigenvalue weighted by Crippen LogP contribution is -2.39. The molecule has 4 heterocycles. The van der Waals surface area contributed by atoms with Crippen LogP contribution in [0.15, 0.2) is 59.4 Å². The maximum Gasteiger partial charge on any atom is 0.256 e. The van der Waals surface area contributed by atoms with Crippen LogP contribution in [0.2, 0.25) is 0 Å². The highest BCUT2D eigenvalue weighted by Crippen LogP contribution is 2.40. The predicted molar refractivity (Wildman–Crippen MR) is 104 cm³/mol. The lowest BCUT2D eigenvalue weighted by atomic mass is 9.97. The van der Waals surface area contributed by atoms with Crippen LogP contribution < -0.4 is 0 Å². The van der Waals surface area contributed by atoms with E-state index in [0.717, 1.165) is 29.4 Å². The molecule has 25 heavy (non-hydrogen) atoms. The maximum absolute atomic E-state index is 13.4. The van der Waals surface area contributed by atoms with Gasteiger partial charge in [0.15, 0.2) is 0 Å². The van der Waals surface area contributed by atoms with Crippen molar-refractivity contribution in [3.63, 3.8) is 0 Å². The molecular formula is C20H16N2OS2. The highest BCUT2D eigenvalue weighted by Gasteiger charge is 2.34. The minimum atomic E-state index is 0.0242. The van der Waals surface area contributed by atoms with Crippen LogP contribution in [0.4, 0.5) is 0 Å². The lowest BCUT2D eigenvalue weighted by molar-refractivity contribution is 0.0701. The zero-order chi connectivity index (χ0) is 16.8. The molecule has 0 fully saturated rings. The van der Waals surface area contributed by atoms with Crippen molar-refractivity contribution in [1.29, 1.82) is 0 Å². The van der Waals surface area contributed by atoms with Crippen molar-refractivity contribution in [3.05, 3.63) is 80.3 Å². The fourth-order valence-electron chi connectivity index (χ4n) is 3.69. The van der Waals surface area contributed by atoms with Crippen LogP contribution in [0.25, 0.3) is 10.9 Å². The number of H-pyrrole nitrogens is 1. The van der Waals surface area contributed by atoms with Gasteiger partial charge in [0, 0.05) is 33.4 Å². The number of aromatic nitrogens is 1. The molecule has 1 aromatic carbocycles. The Bertz CT molecular complexity index is 1040. The molecule has 1 aliphatic heterocycles. The molecule has 1 N–H and O–H groups in total. The molecule has 1 atom stereocenters. The van der Waals surface area contributed by atoms with Gasteiger partial charge in [0.25, 0.3) is 5.91 Å². The molecule has 1 amide bonds. The fourth-order valence-corrected chi connectivity index (χ4v) is 5.45. The van der Waals surface area contributed by atoms with Crippen molar-refractivity contribution in [3.8, 4) is 0 Å². The summed E-state index contributed by atoms with van der Waals surface area (Å²) in [7, 11) is 0. The average molecular weight is 364 g/mol. The quantitative estimate of drug-likeness (QED) is 0.529. The molecule has 0 bridgehead atoms. The summed E-state index contributed by atoms with van der Waals surface area (Å²) in [6.45, 7) is 0.758. The van der Waals surface area contributed by atoms with E-state index >= 15 is 0 Å². The summed E-state index contributed by atoms with van der Waals surface area (Å²) in [6.07, 6.45) is 2.78. The number of aromatic amines is 1. The van der Waals surface area contributed by atoms with Gasteiger partial charge in [-0.25, -0.2) is 0 Å². The molecule has 0 radical (unpaired) electrons. The number of thiophene rings is 2. The van der Waals surface area contributed by atoms with Crippen molar-refractivity contribution in [2.45, 2.75) is 12.5 Å². The van der Waals surface area contributed by atoms with Gasteiger partial charge in [-0.1, -0.05) is 24.3 Å². The standard InChI is InChI=1S/C20H16N2OS2/c23-20(15-12-21-16-5-2-1-4-13(15)16)22-9-7-17-14(8-11-25-17)19(22)18-6-3-10-24-18/h1-6,8,10-12,19,21H,7,9H2/t19-/m1/s1. The first kappa shape index (κ1) is 14.9. The zero-order valence-electron chi connectivity index (χ0n) is 13.4. The molecule has 1 aliphatic rings. The predicted octanol–water partition coefficient (Wildman–Crippen LogP) is 5.08. The molecule has 3 nitrogen and oxygen atoms in total. The first-order valence-corrected chi connectivity index (χ1v) is 10.1. The number of fused-ring (bicyclic) bond motifs is 2. The van der Waals surface area contributed by atoms with Crippen molar-refractivity contribution in [1.82, 2.24) is 9.88 Å². The Labute approximate surface area is 153 Å². The minimum absolute atomic E-state index is 0.0242. The van der Waals surface area contributed by atoms with Crippen LogP contribution in [0, 0.1) is 0 Å². The van der Waals surface area contributed by atoms with E-state index < -0.39 is 0 Å². The first-order valence-electron chi connectivity index (χ1n) is 8.29. The van der Waals surface area contributed by atoms with E-state index in [4.69, 9.17) is 0 Å². The third-order valence-corrected chi connectivity index (χ3v) is 6.78. The van der Waals surface area contributed by atoms with E-state index in [-0.39, 0.29) is 11.9 Å². The molecule has 3 aromatic heterocycles. The maximum atomic E-state index is 13.4. The Hall–Kier alpha value is -2.37. The number of nitrogens with one attached hydrogen (secondary N) is 1. The van der Waals surface area contributed by atoms with E-state index in [0.29, 0.717) is 0 Å². The van der Waals surface area contributed by atoms with Gasteiger partial charge in [-0.2, -0.15) is 0 Å². The lowest BCUT2D eigenvalue weighted by Gasteiger charge is -2.35. The number of hydrogen-bond acceptors (Lipinski definition) is 3. The molecule has 0 spiro atoms. The fraction of sp³-hybridized carbons (Fsp3) is 0.150. The van der Waals surface area contributed by atoms with Crippen LogP contribution >= 0.6 is 22.7 Å². The monoisotopic (exact) mass is 364 g/mol. The highest BCUT2D eigenvalue weighted by atomic mass is 32.1. The summed E-state index contributed by atoms with van der Waals surface area (Å²) < 4.78 is 0. The van der Waals surface area contributed by atoms with Gasteiger partial charge < -0.3 is 9.88 Å². The SMILES string of the molecule is O=C(c1c[nH]c2ccccc12)N1CCc2sccc2[C@@H]1c1cccs1. The van der Waals surface area contributed by atoms with E-state index in [2.05, 4.69) is 33.9 Å². The molecule has 0 unspecified atom stereocenters. The Morgan fingerprint density at radius 3 is 2.88 bits per heavy atom. The van der Waals surface area contributed by atoms with Crippen molar-refractivity contribution in [2.75, 3.05) is 6.54 Å². The molecule has 0 saturated heterocycles. The second-order valence-corrected chi connectivity index (χ2v) is 8.19. The number of amides is 1. The second-order valence-electron chi connectivity index (χ2n) is 6.21. The number of carbonyl (C=O) groups is 1. The third kappa shape index (κ3) is 2.34. The normalized spacial score (nSPS) is 17.0. The molecule has 5 rings (SSSR count). The van der Waals surface area contributed by atoms with E-state index in [9.17, 15) is 4.79 Å². The zero-order valence-corrected chi connectivity index (χ0v) is 15.1. The Morgan fingerprint density at radius 2 is 2.00 bits per heavy atom. The van der Waals surface area contributed by atoms with Gasteiger partial charge >= 0.3 is 0 Å². The highest BCUT2D eigenvalue weighted by molar-refractivity contribution is 7.10. The van der Waals surface area contributed by atoms with E-state index in [1.807, 2.05) is 35.4 Å². The van der Waals surface area contributed by atoms with Gasteiger partial charge in [-0.05, 0) is 40.9 Å². The van der Waals surface area contributed by atoms with Crippen LogP contribution in [-0.4, -0.2) is 22.3 Å². The van der Waals surface area contributed by atoms with E-state index in [1.165, 1.54) is 15.3 Å². The van der Waals surface area contributed by atoms with Crippen molar-refractivity contribution >= 4 is 39.5 Å². The molecule has 124 valence electrons. The van der Waals surface area contributed by atoms with E-state index in [1.54, 1.807) is 22.7 Å². The number of para-hydroxylation sites is 1. The van der Waals surface area contributed by atoms with Crippen LogP contribution in [-0.2, 0) is 6.42 Å². The van der Waals surface area contributed by atoms with Crippen molar-refractivity contribution in [2.24, 2.45) is 0 Å². The number of carbonyl (C=O) groups excluding carboxylic acids is 1. The average Bonchev–Trinajstić information content (AvgIpc) is 3.39. The summed E-state index contributed by atoms with van der Waals surface area (Å²) in [5.74, 6) is 0.104. The largest absolute Gasteiger partial charge is 0.360 e. The van der Waals surface area contributed by atoms with Gasteiger partial charge in [-0.3, -0.25) is 4.79 Å². The van der Waals surface area contributed by atoms with Crippen LogP contribution in [0.1, 0.15) is 31.7 Å². The molecule has 0 saturated carbocycles. The summed E-state index contributed by atoms with van der Waals surface area (Å²) in [6, 6.07) is 14.4. The molecule has 4 aromatic rings. The third-order valence-electron chi connectivity index (χ3n) is 4.86.